The molecule has 2 rings (SSSR count). The minimum atomic E-state index is -2.90. The Kier molecular flexibility index (Phi) is 4.20. The monoisotopic (exact) mass is 286 g/mol. The van der Waals surface area contributed by atoms with Crippen molar-refractivity contribution in [3.05, 3.63) is 11.9 Å². The van der Waals surface area contributed by atoms with Crippen LogP contribution < -0.4 is 10.6 Å². The molecule has 7 nitrogen and oxygen atoms in total. The van der Waals surface area contributed by atoms with Gasteiger partial charge < -0.3 is 15.4 Å². The standard InChI is InChI=1S/C11H18N4O3S/c1-2-18-8-10-13-9(12)7-11(14-10)15-3-5-19(16,17)6-4-15/h7H,2-6,8H2,1H3,(H2,12,13,14). The Balaban J connectivity index is 2.13. The van der Waals surface area contributed by atoms with Crippen LogP contribution in [-0.4, -0.2) is 49.6 Å². The second-order valence-corrected chi connectivity index (χ2v) is 6.65. The van der Waals surface area contributed by atoms with Gasteiger partial charge in [-0.3, -0.25) is 0 Å². The summed E-state index contributed by atoms with van der Waals surface area (Å²) in [6.45, 7) is 3.65. The van der Waals surface area contributed by atoms with Crippen LogP contribution in [0.3, 0.4) is 0 Å². The van der Waals surface area contributed by atoms with Crippen LogP contribution in [0.4, 0.5) is 11.6 Å². The van der Waals surface area contributed by atoms with Crippen molar-refractivity contribution in [2.75, 3.05) is 41.8 Å². The summed E-state index contributed by atoms with van der Waals surface area (Å²) in [5, 5.41) is 0. The second kappa shape index (κ2) is 5.70. The molecule has 1 aromatic rings. The zero-order valence-electron chi connectivity index (χ0n) is 10.9. The van der Waals surface area contributed by atoms with Gasteiger partial charge in [-0.05, 0) is 6.92 Å². The van der Waals surface area contributed by atoms with E-state index in [2.05, 4.69) is 9.97 Å². The van der Waals surface area contributed by atoms with E-state index in [-0.39, 0.29) is 11.5 Å². The summed E-state index contributed by atoms with van der Waals surface area (Å²) >= 11 is 0. The lowest BCUT2D eigenvalue weighted by atomic mass is 10.4. The molecule has 2 heterocycles. The summed E-state index contributed by atoms with van der Waals surface area (Å²) < 4.78 is 28.1. The lowest BCUT2D eigenvalue weighted by Crippen LogP contribution is -2.40. The molecule has 106 valence electrons. The van der Waals surface area contributed by atoms with Crippen molar-refractivity contribution in [3.8, 4) is 0 Å². The third-order valence-electron chi connectivity index (χ3n) is 2.88. The van der Waals surface area contributed by atoms with Crippen LogP contribution in [0.25, 0.3) is 0 Å². The fourth-order valence-electron chi connectivity index (χ4n) is 1.86. The highest BCUT2D eigenvalue weighted by Gasteiger charge is 2.23. The van der Waals surface area contributed by atoms with Gasteiger partial charge in [-0.1, -0.05) is 0 Å². The molecule has 0 saturated carbocycles. The first kappa shape index (κ1) is 14.0. The SMILES string of the molecule is CCOCc1nc(N)cc(N2CCS(=O)(=O)CC2)n1. The van der Waals surface area contributed by atoms with Gasteiger partial charge in [0, 0.05) is 25.8 Å². The molecule has 0 unspecified atom stereocenters. The van der Waals surface area contributed by atoms with Gasteiger partial charge in [-0.2, -0.15) is 0 Å². The topological polar surface area (TPSA) is 98.4 Å². The Hall–Kier alpha value is -1.41. The molecule has 0 radical (unpaired) electrons. The van der Waals surface area contributed by atoms with Gasteiger partial charge in [0.1, 0.15) is 18.2 Å². The maximum Gasteiger partial charge on any atom is 0.158 e. The Morgan fingerprint density at radius 1 is 1.37 bits per heavy atom. The first-order valence-corrected chi connectivity index (χ1v) is 7.99. The maximum absolute atomic E-state index is 11.4. The van der Waals surface area contributed by atoms with Crippen molar-refractivity contribution < 1.29 is 13.2 Å². The molecule has 1 fully saturated rings. The number of ether oxygens (including phenoxy) is 1. The molecule has 1 aliphatic rings. The van der Waals surface area contributed by atoms with Gasteiger partial charge in [-0.15, -0.1) is 0 Å². The molecule has 0 aliphatic carbocycles. The molecular formula is C11H18N4O3S. The van der Waals surface area contributed by atoms with Crippen LogP contribution in [0.1, 0.15) is 12.7 Å². The fourth-order valence-corrected chi connectivity index (χ4v) is 3.07. The van der Waals surface area contributed by atoms with E-state index >= 15 is 0 Å². The highest BCUT2D eigenvalue weighted by molar-refractivity contribution is 7.91. The Bertz CT molecular complexity index is 533. The van der Waals surface area contributed by atoms with Gasteiger partial charge >= 0.3 is 0 Å². The molecule has 8 heteroatoms. The van der Waals surface area contributed by atoms with E-state index in [1.807, 2.05) is 11.8 Å². The number of rotatable bonds is 4. The van der Waals surface area contributed by atoms with Crippen molar-refractivity contribution in [1.82, 2.24) is 9.97 Å². The number of nitrogens with zero attached hydrogens (tertiary/aromatic N) is 3. The van der Waals surface area contributed by atoms with Crippen molar-refractivity contribution >= 4 is 21.5 Å². The smallest absolute Gasteiger partial charge is 0.158 e. The molecule has 0 amide bonds. The van der Waals surface area contributed by atoms with Crippen LogP contribution in [0.15, 0.2) is 6.07 Å². The number of nitrogens with two attached hydrogens (primary N) is 1. The third-order valence-corrected chi connectivity index (χ3v) is 4.49. The summed E-state index contributed by atoms with van der Waals surface area (Å²) in [5.41, 5.74) is 5.74. The first-order chi connectivity index (χ1) is 9.00. The average molecular weight is 286 g/mol. The number of anilines is 2. The van der Waals surface area contributed by atoms with Gasteiger partial charge in [0.25, 0.3) is 0 Å². The molecule has 1 aliphatic heterocycles. The van der Waals surface area contributed by atoms with Crippen LogP contribution >= 0.6 is 0 Å². The summed E-state index contributed by atoms with van der Waals surface area (Å²) in [6, 6.07) is 1.66. The Morgan fingerprint density at radius 2 is 2.05 bits per heavy atom. The van der Waals surface area contributed by atoms with E-state index in [1.165, 1.54) is 0 Å². The number of aromatic nitrogens is 2. The third kappa shape index (κ3) is 3.77. The Labute approximate surface area is 112 Å². The molecule has 0 atom stereocenters. The highest BCUT2D eigenvalue weighted by atomic mass is 32.2. The predicted octanol–water partition coefficient (Wildman–Crippen LogP) is -0.170. The van der Waals surface area contributed by atoms with Crippen LogP contribution in [0.2, 0.25) is 0 Å². The first-order valence-electron chi connectivity index (χ1n) is 6.17. The normalized spacial score (nSPS) is 18.5. The summed E-state index contributed by atoms with van der Waals surface area (Å²) in [4.78, 5) is 10.4. The van der Waals surface area contributed by atoms with E-state index in [0.717, 1.165) is 0 Å². The fraction of sp³-hybridized carbons (Fsp3) is 0.636. The van der Waals surface area contributed by atoms with E-state index in [9.17, 15) is 8.42 Å². The van der Waals surface area contributed by atoms with Crippen LogP contribution in [0.5, 0.6) is 0 Å². The van der Waals surface area contributed by atoms with E-state index < -0.39 is 9.84 Å². The second-order valence-electron chi connectivity index (χ2n) is 4.34. The summed E-state index contributed by atoms with van der Waals surface area (Å²) in [5.74, 6) is 1.85. The number of hydrogen-bond acceptors (Lipinski definition) is 7. The quantitative estimate of drug-likeness (QED) is 0.820. The minimum Gasteiger partial charge on any atom is -0.384 e. The van der Waals surface area contributed by atoms with Gasteiger partial charge in [0.2, 0.25) is 0 Å². The zero-order valence-corrected chi connectivity index (χ0v) is 11.7. The van der Waals surface area contributed by atoms with Gasteiger partial charge in [-0.25, -0.2) is 18.4 Å². The van der Waals surface area contributed by atoms with Crippen LogP contribution in [-0.2, 0) is 21.2 Å². The van der Waals surface area contributed by atoms with Crippen molar-refractivity contribution in [3.63, 3.8) is 0 Å². The van der Waals surface area contributed by atoms with E-state index in [0.29, 0.717) is 43.8 Å². The van der Waals surface area contributed by atoms with Gasteiger partial charge in [0.15, 0.2) is 15.7 Å². The summed E-state index contributed by atoms with van der Waals surface area (Å²) in [7, 11) is -2.90. The van der Waals surface area contributed by atoms with E-state index in [1.54, 1.807) is 6.07 Å². The maximum atomic E-state index is 11.4. The molecule has 0 aromatic carbocycles. The molecule has 1 aromatic heterocycles. The molecule has 1 saturated heterocycles. The summed E-state index contributed by atoms with van der Waals surface area (Å²) in [6.07, 6.45) is 0. The van der Waals surface area contributed by atoms with Crippen molar-refractivity contribution in [1.29, 1.82) is 0 Å². The molecule has 0 bridgehead atoms. The van der Waals surface area contributed by atoms with E-state index in [4.69, 9.17) is 10.5 Å². The largest absolute Gasteiger partial charge is 0.384 e. The zero-order chi connectivity index (χ0) is 13.9. The molecule has 2 N–H and O–H groups in total. The highest BCUT2D eigenvalue weighted by Crippen LogP contribution is 2.17. The number of hydrogen-bond donors (Lipinski definition) is 1. The lowest BCUT2D eigenvalue weighted by molar-refractivity contribution is 0.128. The number of nitrogen functional groups attached to an aromatic ring is 1. The minimum absolute atomic E-state index is 0.150. The lowest BCUT2D eigenvalue weighted by Gasteiger charge is -2.27. The van der Waals surface area contributed by atoms with Crippen molar-refractivity contribution in [2.45, 2.75) is 13.5 Å². The molecule has 0 spiro atoms. The molecular weight excluding hydrogens is 268 g/mol. The van der Waals surface area contributed by atoms with Crippen LogP contribution in [0, 0.1) is 0 Å². The predicted molar refractivity (Wildman–Crippen MR) is 72.6 cm³/mol. The van der Waals surface area contributed by atoms with Gasteiger partial charge in [0.05, 0.1) is 11.5 Å². The van der Waals surface area contributed by atoms with Crippen molar-refractivity contribution in [2.24, 2.45) is 0 Å². The average Bonchev–Trinajstić information content (AvgIpc) is 2.35. The molecule has 19 heavy (non-hydrogen) atoms. The number of sulfone groups is 1. The Morgan fingerprint density at radius 3 is 2.68 bits per heavy atom.